The number of Topliss-reactive ketones (excluding diaryl/α,β-unsaturated/α-hetero) is 1. The summed E-state index contributed by atoms with van der Waals surface area (Å²) in [5.41, 5.74) is 1.96. The van der Waals surface area contributed by atoms with Gasteiger partial charge in [-0.05, 0) is 54.6 Å². The summed E-state index contributed by atoms with van der Waals surface area (Å²) in [5, 5.41) is 13.1. The standard InChI is InChI=1S/C23H18N2O4S2/c1-3-13-7-8-14-17(11-13)31-23(24-14)25-19(16-5-4-10-30-16)18(21(27)22(25)28)20(26)15-9-6-12(2)29-15/h4-11,19,27H,3H2,1-2H3. The summed E-state index contributed by atoms with van der Waals surface area (Å²) >= 11 is 2.78. The lowest BCUT2D eigenvalue weighted by Gasteiger charge is -2.22. The van der Waals surface area contributed by atoms with Gasteiger partial charge in [-0.3, -0.25) is 14.5 Å². The minimum absolute atomic E-state index is 0.00954. The largest absolute Gasteiger partial charge is 0.503 e. The van der Waals surface area contributed by atoms with E-state index in [-0.39, 0.29) is 11.3 Å². The molecular formula is C23H18N2O4S2. The Kier molecular flexibility index (Phi) is 4.75. The van der Waals surface area contributed by atoms with Crippen LogP contribution >= 0.6 is 22.7 Å². The maximum absolute atomic E-state index is 13.3. The summed E-state index contributed by atoms with van der Waals surface area (Å²) in [5.74, 6) is -1.04. The molecule has 31 heavy (non-hydrogen) atoms. The number of aliphatic hydroxyl groups excluding tert-OH is 1. The average molecular weight is 451 g/mol. The minimum atomic E-state index is -0.767. The average Bonchev–Trinajstić information content (AvgIpc) is 3.54. The number of fused-ring (bicyclic) bond motifs is 1. The second-order valence-electron chi connectivity index (χ2n) is 7.25. The van der Waals surface area contributed by atoms with Crippen LogP contribution in [0.2, 0.25) is 0 Å². The summed E-state index contributed by atoms with van der Waals surface area (Å²) in [4.78, 5) is 33.2. The van der Waals surface area contributed by atoms with Gasteiger partial charge < -0.3 is 9.52 Å². The number of carbonyl (C=O) groups excluding carboxylic acids is 2. The van der Waals surface area contributed by atoms with Gasteiger partial charge in [0, 0.05) is 4.88 Å². The first-order chi connectivity index (χ1) is 15.0. The van der Waals surface area contributed by atoms with E-state index in [2.05, 4.69) is 18.0 Å². The summed E-state index contributed by atoms with van der Waals surface area (Å²) in [6.07, 6.45) is 0.896. The number of aliphatic hydroxyl groups is 1. The van der Waals surface area contributed by atoms with Crippen molar-refractivity contribution in [3.63, 3.8) is 0 Å². The quantitative estimate of drug-likeness (QED) is 0.400. The lowest BCUT2D eigenvalue weighted by Crippen LogP contribution is -2.30. The molecule has 4 aromatic rings. The molecule has 5 rings (SSSR count). The normalized spacial score (nSPS) is 16.6. The Morgan fingerprint density at radius 2 is 2.10 bits per heavy atom. The van der Waals surface area contributed by atoms with Crippen LogP contribution in [-0.4, -0.2) is 21.8 Å². The summed E-state index contributed by atoms with van der Waals surface area (Å²) in [7, 11) is 0. The highest BCUT2D eigenvalue weighted by atomic mass is 32.1. The molecule has 0 radical (unpaired) electrons. The van der Waals surface area contributed by atoms with Crippen molar-refractivity contribution in [2.45, 2.75) is 26.3 Å². The van der Waals surface area contributed by atoms with E-state index in [1.807, 2.05) is 29.6 Å². The van der Waals surface area contributed by atoms with Crippen LogP contribution in [0.1, 0.15) is 39.7 Å². The molecule has 1 aliphatic rings. The predicted octanol–water partition coefficient (Wildman–Crippen LogP) is 5.60. The Balaban J connectivity index is 1.64. The third kappa shape index (κ3) is 3.19. The van der Waals surface area contributed by atoms with Crippen molar-refractivity contribution >= 4 is 49.7 Å². The lowest BCUT2D eigenvalue weighted by molar-refractivity contribution is -0.117. The van der Waals surface area contributed by atoms with E-state index in [0.29, 0.717) is 10.9 Å². The highest BCUT2D eigenvalue weighted by Crippen LogP contribution is 2.45. The fourth-order valence-corrected chi connectivity index (χ4v) is 5.60. The molecule has 156 valence electrons. The third-order valence-corrected chi connectivity index (χ3v) is 7.23. The molecule has 8 heteroatoms. The second kappa shape index (κ2) is 7.47. The molecule has 1 atom stereocenters. The molecule has 3 aromatic heterocycles. The molecule has 0 aliphatic carbocycles. The highest BCUT2D eigenvalue weighted by Gasteiger charge is 2.47. The summed E-state index contributed by atoms with van der Waals surface area (Å²) in [6.45, 7) is 3.82. The number of aryl methyl sites for hydroxylation is 2. The van der Waals surface area contributed by atoms with Gasteiger partial charge in [0.2, 0.25) is 5.78 Å². The molecule has 1 aromatic carbocycles. The summed E-state index contributed by atoms with van der Waals surface area (Å²) < 4.78 is 6.44. The minimum Gasteiger partial charge on any atom is -0.503 e. The molecule has 0 saturated carbocycles. The molecule has 0 saturated heterocycles. The first-order valence-corrected chi connectivity index (χ1v) is 11.5. The van der Waals surface area contributed by atoms with Crippen molar-refractivity contribution in [1.82, 2.24) is 4.98 Å². The predicted molar refractivity (Wildman–Crippen MR) is 121 cm³/mol. The molecule has 1 aliphatic heterocycles. The van der Waals surface area contributed by atoms with Crippen molar-refractivity contribution in [3.8, 4) is 0 Å². The van der Waals surface area contributed by atoms with Crippen LogP contribution in [0.25, 0.3) is 10.2 Å². The van der Waals surface area contributed by atoms with Crippen molar-refractivity contribution < 1.29 is 19.1 Å². The summed E-state index contributed by atoms with van der Waals surface area (Å²) in [6, 6.07) is 12.2. The van der Waals surface area contributed by atoms with E-state index in [1.165, 1.54) is 33.1 Å². The Hall–Kier alpha value is -3.23. The van der Waals surface area contributed by atoms with Gasteiger partial charge in [-0.2, -0.15) is 0 Å². The Morgan fingerprint density at radius 3 is 2.77 bits per heavy atom. The number of anilines is 1. The lowest BCUT2D eigenvalue weighted by atomic mass is 10.0. The van der Waals surface area contributed by atoms with Gasteiger partial charge in [-0.1, -0.05) is 30.4 Å². The van der Waals surface area contributed by atoms with Crippen molar-refractivity contribution in [2.75, 3.05) is 4.90 Å². The molecule has 0 bridgehead atoms. The number of carbonyl (C=O) groups is 2. The van der Waals surface area contributed by atoms with Gasteiger partial charge in [-0.25, -0.2) is 4.98 Å². The van der Waals surface area contributed by atoms with Crippen LogP contribution in [0.15, 0.2) is 63.6 Å². The Bertz CT molecular complexity index is 1350. The van der Waals surface area contributed by atoms with Crippen LogP contribution in [0, 0.1) is 6.92 Å². The topological polar surface area (TPSA) is 83.6 Å². The SMILES string of the molecule is CCc1ccc2nc(N3C(=O)C(O)=C(C(=O)c4ccc(C)o4)C3c3cccs3)sc2c1. The number of rotatable bonds is 5. The van der Waals surface area contributed by atoms with E-state index >= 15 is 0 Å². The number of benzene rings is 1. The van der Waals surface area contributed by atoms with Gasteiger partial charge in [0.1, 0.15) is 11.8 Å². The van der Waals surface area contributed by atoms with Crippen LogP contribution in [0.4, 0.5) is 5.13 Å². The highest BCUT2D eigenvalue weighted by molar-refractivity contribution is 7.22. The molecule has 4 heterocycles. The maximum Gasteiger partial charge on any atom is 0.296 e. The number of ketones is 1. The Labute approximate surface area is 186 Å². The smallest absolute Gasteiger partial charge is 0.296 e. The zero-order valence-corrected chi connectivity index (χ0v) is 18.4. The molecule has 1 N–H and O–H groups in total. The monoisotopic (exact) mass is 450 g/mol. The second-order valence-corrected chi connectivity index (χ2v) is 9.24. The van der Waals surface area contributed by atoms with E-state index in [0.717, 1.165) is 21.5 Å². The fraction of sp³-hybridized carbons (Fsp3) is 0.174. The number of thiophene rings is 1. The van der Waals surface area contributed by atoms with Gasteiger partial charge in [0.05, 0.1) is 15.8 Å². The number of hydrogen-bond donors (Lipinski definition) is 1. The number of nitrogens with zero attached hydrogens (tertiary/aromatic N) is 2. The molecule has 1 amide bonds. The van der Waals surface area contributed by atoms with Crippen molar-refractivity contribution in [3.05, 3.63) is 81.1 Å². The van der Waals surface area contributed by atoms with Crippen LogP contribution in [0.3, 0.4) is 0 Å². The van der Waals surface area contributed by atoms with Gasteiger partial charge in [-0.15, -0.1) is 11.3 Å². The van der Waals surface area contributed by atoms with Crippen LogP contribution in [-0.2, 0) is 11.2 Å². The zero-order chi connectivity index (χ0) is 21.7. The van der Waals surface area contributed by atoms with E-state index in [9.17, 15) is 14.7 Å². The number of amides is 1. The third-order valence-electron chi connectivity index (χ3n) is 5.29. The maximum atomic E-state index is 13.3. The first kappa shape index (κ1) is 19.7. The number of furan rings is 1. The van der Waals surface area contributed by atoms with E-state index in [4.69, 9.17) is 4.42 Å². The number of aromatic nitrogens is 1. The molecule has 0 fully saturated rings. The van der Waals surface area contributed by atoms with Crippen LogP contribution in [0.5, 0.6) is 0 Å². The van der Waals surface area contributed by atoms with Gasteiger partial charge in [0.15, 0.2) is 16.7 Å². The molecule has 1 unspecified atom stereocenters. The number of thiazole rings is 1. The zero-order valence-electron chi connectivity index (χ0n) is 16.8. The van der Waals surface area contributed by atoms with Crippen molar-refractivity contribution in [1.29, 1.82) is 0 Å². The first-order valence-electron chi connectivity index (χ1n) is 9.78. The Morgan fingerprint density at radius 1 is 1.26 bits per heavy atom. The van der Waals surface area contributed by atoms with Crippen LogP contribution < -0.4 is 4.90 Å². The van der Waals surface area contributed by atoms with Gasteiger partial charge in [0.25, 0.3) is 5.91 Å². The molecular weight excluding hydrogens is 432 g/mol. The molecule has 0 spiro atoms. The van der Waals surface area contributed by atoms with Gasteiger partial charge >= 0.3 is 0 Å². The van der Waals surface area contributed by atoms with Crippen molar-refractivity contribution in [2.24, 2.45) is 0 Å². The number of hydrogen-bond acceptors (Lipinski definition) is 7. The van der Waals surface area contributed by atoms with E-state index < -0.39 is 23.5 Å². The van der Waals surface area contributed by atoms with E-state index in [1.54, 1.807) is 19.1 Å². The fourth-order valence-electron chi connectivity index (χ4n) is 3.72. The molecule has 6 nitrogen and oxygen atoms in total.